The molecule has 0 radical (unpaired) electrons. The van der Waals surface area contributed by atoms with E-state index in [-0.39, 0.29) is 11.9 Å². The van der Waals surface area contributed by atoms with Crippen LogP contribution in [-0.4, -0.2) is 35.4 Å². The molecule has 35 heavy (non-hydrogen) atoms. The van der Waals surface area contributed by atoms with Crippen LogP contribution in [0.3, 0.4) is 0 Å². The third-order valence-corrected chi connectivity index (χ3v) is 9.54. The first-order chi connectivity index (χ1) is 17.0. The topological polar surface area (TPSA) is 51.9 Å². The maximum atomic E-state index is 13.6. The van der Waals surface area contributed by atoms with Crippen LogP contribution in [-0.2, 0) is 4.79 Å². The van der Waals surface area contributed by atoms with E-state index < -0.39 is 0 Å². The summed E-state index contributed by atoms with van der Waals surface area (Å²) in [5.41, 5.74) is 1.65. The lowest BCUT2D eigenvalue weighted by Gasteiger charge is -2.56. The summed E-state index contributed by atoms with van der Waals surface area (Å²) in [6, 6.07) is 7.78. The standard InChI is InChI=1S/C28H29NO4S2/c1-4-17-12-23(18-10-21(31-2)13-22(11-18)32-3)33-24(17)14-25-27(30)29(28(34)35-25)26-19-6-15-5-16(8-19)9-20(26)7-15/h4,10-16,19-20,26H,1,5-9H2,2-3H3. The van der Waals surface area contributed by atoms with Gasteiger partial charge in [0.2, 0.25) is 0 Å². The molecule has 1 amide bonds. The summed E-state index contributed by atoms with van der Waals surface area (Å²) in [6.07, 6.45) is 9.96. The van der Waals surface area contributed by atoms with E-state index in [9.17, 15) is 4.79 Å². The number of amides is 1. The number of thioether (sulfide) groups is 1. The Bertz CT molecular complexity index is 1200. The molecule has 5 fully saturated rings. The average molecular weight is 508 g/mol. The zero-order valence-corrected chi connectivity index (χ0v) is 21.6. The monoisotopic (exact) mass is 507 g/mol. The molecule has 4 bridgehead atoms. The lowest BCUT2D eigenvalue weighted by Crippen LogP contribution is -2.57. The van der Waals surface area contributed by atoms with Crippen LogP contribution in [0.1, 0.15) is 43.4 Å². The van der Waals surface area contributed by atoms with Crippen LogP contribution in [0.25, 0.3) is 23.5 Å². The third kappa shape index (κ3) is 3.93. The number of furan rings is 1. The summed E-state index contributed by atoms with van der Waals surface area (Å²) in [7, 11) is 3.24. The molecular formula is C28H29NO4S2. The van der Waals surface area contributed by atoms with Gasteiger partial charge in [-0.05, 0) is 74.0 Å². The number of carbonyl (C=O) groups excluding carboxylic acids is 1. The van der Waals surface area contributed by atoms with Gasteiger partial charge in [0.25, 0.3) is 5.91 Å². The van der Waals surface area contributed by atoms with Crippen molar-refractivity contribution in [3.05, 3.63) is 47.1 Å². The minimum atomic E-state index is 0.0217. The fourth-order valence-corrected chi connectivity index (χ4v) is 8.27. The molecule has 0 unspecified atom stereocenters. The summed E-state index contributed by atoms with van der Waals surface area (Å²) in [4.78, 5) is 16.2. The van der Waals surface area contributed by atoms with E-state index >= 15 is 0 Å². The summed E-state index contributed by atoms with van der Waals surface area (Å²) in [5, 5.41) is 0. The van der Waals surface area contributed by atoms with Gasteiger partial charge in [-0.25, -0.2) is 0 Å². The van der Waals surface area contributed by atoms with E-state index in [1.54, 1.807) is 20.3 Å². The zero-order chi connectivity index (χ0) is 24.3. The minimum absolute atomic E-state index is 0.0217. The summed E-state index contributed by atoms with van der Waals surface area (Å²) < 4.78 is 17.7. The molecule has 7 heteroatoms. The van der Waals surface area contributed by atoms with Gasteiger partial charge in [-0.3, -0.25) is 9.69 Å². The van der Waals surface area contributed by atoms with E-state index in [2.05, 4.69) is 6.58 Å². The normalized spacial score (nSPS) is 30.4. The van der Waals surface area contributed by atoms with Crippen molar-refractivity contribution < 1.29 is 18.7 Å². The molecule has 5 aliphatic rings. The van der Waals surface area contributed by atoms with Crippen molar-refractivity contribution in [1.82, 2.24) is 4.90 Å². The molecule has 2 aromatic rings. The smallest absolute Gasteiger partial charge is 0.266 e. The molecule has 182 valence electrons. The second-order valence-electron chi connectivity index (χ2n) is 10.2. The summed E-state index contributed by atoms with van der Waals surface area (Å²) >= 11 is 7.15. The van der Waals surface area contributed by atoms with Crippen molar-refractivity contribution in [2.75, 3.05) is 14.2 Å². The molecule has 1 saturated heterocycles. The highest BCUT2D eigenvalue weighted by Crippen LogP contribution is 2.56. The lowest BCUT2D eigenvalue weighted by molar-refractivity contribution is -0.130. The van der Waals surface area contributed by atoms with Crippen LogP contribution in [0.5, 0.6) is 11.5 Å². The Morgan fingerprint density at radius 1 is 1.03 bits per heavy atom. The zero-order valence-electron chi connectivity index (χ0n) is 20.0. The van der Waals surface area contributed by atoms with Gasteiger partial charge in [-0.15, -0.1) is 0 Å². The molecule has 0 spiro atoms. The maximum absolute atomic E-state index is 13.6. The van der Waals surface area contributed by atoms with E-state index in [4.69, 9.17) is 26.1 Å². The van der Waals surface area contributed by atoms with Crippen molar-refractivity contribution in [1.29, 1.82) is 0 Å². The first kappa shape index (κ1) is 22.9. The number of carbonyl (C=O) groups is 1. The van der Waals surface area contributed by atoms with Crippen LogP contribution in [0.15, 0.2) is 40.2 Å². The van der Waals surface area contributed by atoms with E-state index in [0.717, 1.165) is 23.0 Å². The molecule has 4 saturated carbocycles. The molecule has 0 atom stereocenters. The Labute approximate surface area is 215 Å². The Morgan fingerprint density at radius 3 is 2.23 bits per heavy atom. The second kappa shape index (κ2) is 8.86. The van der Waals surface area contributed by atoms with E-state index in [0.29, 0.717) is 44.1 Å². The number of hydrogen-bond acceptors (Lipinski definition) is 6. The fourth-order valence-electron chi connectivity index (χ4n) is 6.96. The Kier molecular flexibility index (Phi) is 5.80. The molecule has 1 aromatic heterocycles. The van der Waals surface area contributed by atoms with Gasteiger partial charge < -0.3 is 13.9 Å². The Balaban J connectivity index is 1.30. The first-order valence-corrected chi connectivity index (χ1v) is 13.5. The molecule has 2 heterocycles. The number of thiocarbonyl (C=S) groups is 1. The van der Waals surface area contributed by atoms with Gasteiger partial charge in [0, 0.05) is 29.3 Å². The van der Waals surface area contributed by atoms with Crippen molar-refractivity contribution in [2.45, 2.75) is 38.1 Å². The van der Waals surface area contributed by atoms with Crippen molar-refractivity contribution in [2.24, 2.45) is 23.7 Å². The van der Waals surface area contributed by atoms with Crippen molar-refractivity contribution in [3.63, 3.8) is 0 Å². The molecule has 1 aliphatic heterocycles. The van der Waals surface area contributed by atoms with E-state index in [1.807, 2.05) is 35.2 Å². The van der Waals surface area contributed by atoms with Crippen LogP contribution in [0.2, 0.25) is 0 Å². The summed E-state index contributed by atoms with van der Waals surface area (Å²) in [6.45, 7) is 3.95. The van der Waals surface area contributed by atoms with Crippen LogP contribution >= 0.6 is 24.0 Å². The number of nitrogens with zero attached hydrogens (tertiary/aromatic N) is 1. The number of benzene rings is 1. The number of ether oxygens (including phenoxy) is 2. The van der Waals surface area contributed by atoms with Crippen LogP contribution in [0, 0.1) is 23.7 Å². The van der Waals surface area contributed by atoms with E-state index in [1.165, 1.54) is 43.9 Å². The van der Waals surface area contributed by atoms with Gasteiger partial charge in [-0.2, -0.15) is 0 Å². The van der Waals surface area contributed by atoms with Gasteiger partial charge in [-0.1, -0.05) is 36.6 Å². The Hall–Kier alpha value is -2.51. The lowest BCUT2D eigenvalue weighted by atomic mass is 9.54. The first-order valence-electron chi connectivity index (χ1n) is 12.2. The molecule has 1 aromatic carbocycles. The van der Waals surface area contributed by atoms with Crippen molar-refractivity contribution in [3.8, 4) is 22.8 Å². The molecule has 4 aliphatic carbocycles. The quantitative estimate of drug-likeness (QED) is 0.323. The van der Waals surface area contributed by atoms with Crippen molar-refractivity contribution >= 4 is 46.4 Å². The Morgan fingerprint density at radius 2 is 1.66 bits per heavy atom. The van der Waals surface area contributed by atoms with Gasteiger partial charge in [0.05, 0.1) is 19.1 Å². The average Bonchev–Trinajstić information content (AvgIpc) is 3.38. The highest BCUT2D eigenvalue weighted by atomic mass is 32.2. The van der Waals surface area contributed by atoms with Gasteiger partial charge in [0.1, 0.15) is 27.3 Å². The molecule has 5 nitrogen and oxygen atoms in total. The predicted octanol–water partition coefficient (Wildman–Crippen LogP) is 6.63. The highest BCUT2D eigenvalue weighted by Gasteiger charge is 2.53. The summed E-state index contributed by atoms with van der Waals surface area (Å²) in [5.74, 6) is 5.52. The fraction of sp³-hybridized carbons (Fsp3) is 0.429. The van der Waals surface area contributed by atoms with Gasteiger partial charge >= 0.3 is 0 Å². The predicted molar refractivity (Wildman–Crippen MR) is 143 cm³/mol. The maximum Gasteiger partial charge on any atom is 0.266 e. The second-order valence-corrected chi connectivity index (χ2v) is 11.9. The highest BCUT2D eigenvalue weighted by molar-refractivity contribution is 8.26. The van der Waals surface area contributed by atoms with Crippen LogP contribution < -0.4 is 9.47 Å². The number of methoxy groups -OCH3 is 2. The van der Waals surface area contributed by atoms with Crippen LogP contribution in [0.4, 0.5) is 0 Å². The SMILES string of the molecule is C=Cc1cc(-c2cc(OC)cc(OC)c2)oc1C=C1SC(=S)N(C2C3CC4CC(C3)CC2C4)C1=O. The number of rotatable bonds is 6. The molecule has 7 rings (SSSR count). The van der Waals surface area contributed by atoms with Gasteiger partial charge in [0.15, 0.2) is 0 Å². The largest absolute Gasteiger partial charge is 0.497 e. The molecular weight excluding hydrogens is 478 g/mol. The minimum Gasteiger partial charge on any atom is -0.497 e. The number of hydrogen-bond donors (Lipinski definition) is 0. The third-order valence-electron chi connectivity index (χ3n) is 8.21. The molecule has 0 N–H and O–H groups in total.